The monoisotopic (exact) mass is 1500 g/mol. The third kappa shape index (κ3) is 15.6. The molecule has 0 saturated carbocycles. The van der Waals surface area contributed by atoms with Crippen LogP contribution in [0.1, 0.15) is 116 Å². The average Bonchev–Trinajstić information content (AvgIpc) is 1.68. The second kappa shape index (κ2) is 30.3. The zero-order valence-electron chi connectivity index (χ0n) is 58.5. The van der Waals surface area contributed by atoms with Crippen molar-refractivity contribution >= 4 is 147 Å². The van der Waals surface area contributed by atoms with E-state index < -0.39 is 117 Å². The van der Waals surface area contributed by atoms with E-state index in [-0.39, 0.29) is 77.8 Å². The number of hydrogen-bond acceptors (Lipinski definition) is 22. The summed E-state index contributed by atoms with van der Waals surface area (Å²) in [6, 6.07) is 16.6. The minimum atomic E-state index is -5.39. The highest BCUT2D eigenvalue weighted by molar-refractivity contribution is 7.48. The Kier molecular flexibility index (Phi) is 21.5. The maximum Gasteiger partial charge on any atom is 0.480 e. The number of urea groups is 3. The Balaban J connectivity index is 0.703. The van der Waals surface area contributed by atoms with Gasteiger partial charge in [-0.15, -0.1) is 34.0 Å². The maximum absolute atomic E-state index is 15.2. The lowest BCUT2D eigenvalue weighted by molar-refractivity contribution is -0.156. The Morgan fingerprint density at radius 2 is 0.702 bits per heavy atom. The van der Waals surface area contributed by atoms with E-state index in [1.165, 1.54) is 14.7 Å². The van der Waals surface area contributed by atoms with Crippen LogP contribution in [-0.4, -0.2) is 181 Å². The van der Waals surface area contributed by atoms with Gasteiger partial charge in [-0.3, -0.25) is 71.4 Å². The number of phosphoric ester groups is 1. The van der Waals surface area contributed by atoms with Crippen molar-refractivity contribution in [2.75, 3.05) is 93.1 Å². The number of thiophene rings is 3. The predicted molar refractivity (Wildman–Crippen MR) is 387 cm³/mol. The Labute approximate surface area is 610 Å². The number of hydrogen-bond donors (Lipinski definition) is 6. The first-order valence-corrected chi connectivity index (χ1v) is 37.2. The molecular weight excluding hydrogens is 1420 g/mol. The summed E-state index contributed by atoms with van der Waals surface area (Å²) < 4.78 is 32.4. The lowest BCUT2D eigenvalue weighted by Gasteiger charge is -2.37. The molecule has 3 unspecified atom stereocenters. The molecule has 3 saturated heterocycles. The summed E-state index contributed by atoms with van der Waals surface area (Å²) in [5, 5.41) is 16.9. The number of nitrogens with zero attached hydrogens (tertiary/aromatic N) is 9. The molecule has 0 aliphatic carbocycles. The van der Waals surface area contributed by atoms with Gasteiger partial charge in [0.05, 0.1) is 34.3 Å². The van der Waals surface area contributed by atoms with Crippen LogP contribution >= 0.6 is 41.8 Å². The van der Waals surface area contributed by atoms with E-state index in [2.05, 4.69) is 31.9 Å². The van der Waals surface area contributed by atoms with E-state index in [0.717, 1.165) is 67.8 Å². The summed E-state index contributed by atoms with van der Waals surface area (Å²) in [5.41, 5.74) is 9.30. The quantitative estimate of drug-likeness (QED) is 0.0248. The number of fused-ring (bicyclic) bond motifs is 3. The van der Waals surface area contributed by atoms with Gasteiger partial charge in [-0.1, -0.05) is 18.2 Å². The van der Waals surface area contributed by atoms with Crippen molar-refractivity contribution in [2.24, 2.45) is 0 Å². The number of benzene rings is 3. The van der Waals surface area contributed by atoms with Crippen molar-refractivity contribution < 1.29 is 75.7 Å². The van der Waals surface area contributed by atoms with E-state index in [1.807, 2.05) is 114 Å². The van der Waals surface area contributed by atoms with Crippen LogP contribution in [0.5, 0.6) is 0 Å². The van der Waals surface area contributed by atoms with Gasteiger partial charge >= 0.3 is 25.9 Å². The fourth-order valence-electron chi connectivity index (χ4n) is 13.3. The number of carbonyl (C=O) groups is 12. The number of phosphoric acid groups is 1. The number of anilines is 6. The molecule has 0 radical (unpaired) electrons. The van der Waals surface area contributed by atoms with Gasteiger partial charge in [0.25, 0.3) is 35.4 Å². The lowest BCUT2D eigenvalue weighted by Crippen LogP contribution is -2.55. The van der Waals surface area contributed by atoms with Gasteiger partial charge in [-0.05, 0) is 128 Å². The minimum Gasteiger partial charge on any atom is -0.377 e. The fourth-order valence-corrected chi connectivity index (χ4v) is 17.5. The van der Waals surface area contributed by atoms with Gasteiger partial charge in [0.2, 0.25) is 17.7 Å². The highest BCUT2D eigenvalue weighted by atomic mass is 32.1. The van der Waals surface area contributed by atoms with Crippen molar-refractivity contribution in [3.8, 4) is 0 Å². The molecule has 3 fully saturated rings. The number of carbonyl (C=O) groups excluding carboxylic acids is 12. The van der Waals surface area contributed by atoms with E-state index in [0.29, 0.717) is 77.7 Å². The second-order valence-electron chi connectivity index (χ2n) is 26.5. The third-order valence-electron chi connectivity index (χ3n) is 18.7. The van der Waals surface area contributed by atoms with Crippen LogP contribution in [0.15, 0.2) is 72.8 Å². The van der Waals surface area contributed by atoms with Crippen LogP contribution in [0.25, 0.3) is 0 Å². The van der Waals surface area contributed by atoms with Gasteiger partial charge in [0.15, 0.2) is 0 Å². The normalized spacial score (nSPS) is 18.6. The van der Waals surface area contributed by atoms with Gasteiger partial charge in [-0.25, -0.2) is 18.9 Å². The number of amides is 15. The fraction of sp³-hybridized carbons (Fsp3) is 0.391. The van der Waals surface area contributed by atoms with Crippen molar-refractivity contribution in [1.29, 1.82) is 0 Å². The predicted octanol–water partition coefficient (Wildman–Crippen LogP) is 7.81. The topological polar surface area (TPSA) is 351 Å². The molecule has 3 aromatic carbocycles. The Morgan fingerprint density at radius 3 is 0.952 bits per heavy atom. The molecule has 548 valence electrons. The Morgan fingerprint density at radius 1 is 0.433 bits per heavy atom. The molecule has 0 spiro atoms. The third-order valence-corrected chi connectivity index (χ3v) is 23.5. The molecule has 0 bridgehead atoms. The van der Waals surface area contributed by atoms with Crippen LogP contribution in [0.4, 0.5) is 48.5 Å². The first-order valence-electron chi connectivity index (χ1n) is 33.3. The SMILES string of the molecule is Cc1ccc(NC(=O)NCc2cc3c(s2)C(=O)N(C2CCC(=O)N(COP(=O)(OCN4C(=O)CCC(N5Cc6cc(CNC(=O)Nc7ccc(C)c(N(C)C)c7)sc6C5=O)C4=O)OCN4C(=O)CCC(N5Cc6cc(CNC(=O)Nc7ccc(C)c(N(C)C)c7)sc6C5=O)C4=O)C2=O)C3)cc1N(C)C. The van der Waals surface area contributed by atoms with Crippen molar-refractivity contribution in [2.45, 2.75) is 117 Å². The number of rotatable bonds is 24. The van der Waals surface area contributed by atoms with Gasteiger partial charge in [0, 0.05) is 130 Å². The molecule has 6 aromatic rings. The van der Waals surface area contributed by atoms with E-state index in [4.69, 9.17) is 13.6 Å². The minimum absolute atomic E-state index is 0.0391. The van der Waals surface area contributed by atoms with Crippen LogP contribution in [0, 0.1) is 20.8 Å². The van der Waals surface area contributed by atoms with Crippen LogP contribution in [0.3, 0.4) is 0 Å². The first-order chi connectivity index (χ1) is 49.5. The number of nitrogens with one attached hydrogen (secondary N) is 6. The van der Waals surface area contributed by atoms with Crippen LogP contribution < -0.4 is 46.6 Å². The Hall–Kier alpha value is -10.1. The summed E-state index contributed by atoms with van der Waals surface area (Å²) in [6.07, 6.45) is -1.19. The number of aryl methyl sites for hydroxylation is 3. The summed E-state index contributed by atoms with van der Waals surface area (Å²) in [4.78, 5) is 180. The van der Waals surface area contributed by atoms with Gasteiger partial charge in [-0.2, -0.15) is 0 Å². The molecule has 104 heavy (non-hydrogen) atoms. The highest BCUT2D eigenvalue weighted by Gasteiger charge is 2.49. The zero-order chi connectivity index (χ0) is 74.3. The molecule has 9 heterocycles. The molecular formula is C69H78N15O16PS3. The molecule has 6 aliphatic rings. The molecule has 6 aliphatic heterocycles. The maximum atomic E-state index is 15.2. The molecule has 3 aromatic heterocycles. The molecule has 12 rings (SSSR count). The van der Waals surface area contributed by atoms with Crippen molar-refractivity contribution in [1.82, 2.24) is 45.3 Å². The van der Waals surface area contributed by atoms with Crippen LogP contribution in [-0.2, 0) is 86.2 Å². The van der Waals surface area contributed by atoms with E-state index >= 15 is 4.57 Å². The van der Waals surface area contributed by atoms with E-state index in [9.17, 15) is 57.5 Å². The standard InChI is InChI=1S/C69H78N15O16PS3/c1-37-10-13-43(25-52(37)76(4)5)73-67(94)70-28-46-22-40-31-79(64(91)58(40)102-46)49-16-19-55(85)82(61(49)88)34-98-101(97,99-35-83-56(86)20-17-50(62(83)89)80-32-41-23-47(103-59(41)65(80)92)29-71-68(95)74-44-14-11-38(2)53(26-44)77(6)7)100-36-84-57(87)21-18-51(63(84)90)81-33-42-24-48(104-60(42)66(81)93)30-72-69(96)75-45-15-12-39(3)54(27-45)78(8)9/h10-15,22-27,49-51H,16-21,28-36H2,1-9H3,(H2,70,73,94)(H2,71,74,95)(H2,72,75,96). The van der Waals surface area contributed by atoms with Crippen molar-refractivity contribution in [3.05, 3.63) is 135 Å². The lowest BCUT2D eigenvalue weighted by atomic mass is 10.0. The number of imide groups is 3. The van der Waals surface area contributed by atoms with Crippen molar-refractivity contribution in [3.63, 3.8) is 0 Å². The van der Waals surface area contributed by atoms with E-state index in [1.54, 1.807) is 36.4 Å². The largest absolute Gasteiger partial charge is 0.480 e. The molecule has 35 heteroatoms. The summed E-state index contributed by atoms with van der Waals surface area (Å²) in [6.45, 7) is 2.52. The summed E-state index contributed by atoms with van der Waals surface area (Å²) >= 11 is 3.38. The smallest absolute Gasteiger partial charge is 0.377 e. The molecule has 15 amide bonds. The number of likely N-dealkylation sites (tertiary alicyclic amines) is 3. The molecule has 31 nitrogen and oxygen atoms in total. The summed E-state index contributed by atoms with van der Waals surface area (Å²) in [7, 11) is 5.98. The summed E-state index contributed by atoms with van der Waals surface area (Å²) in [5.74, 6) is -6.78. The average molecular weight is 1500 g/mol. The highest BCUT2D eigenvalue weighted by Crippen LogP contribution is 2.51. The second-order valence-corrected chi connectivity index (χ2v) is 31.6. The van der Waals surface area contributed by atoms with Gasteiger partial charge in [0.1, 0.15) is 38.3 Å². The Bertz CT molecular complexity index is 4140. The number of piperidine rings is 3. The van der Waals surface area contributed by atoms with Gasteiger partial charge < -0.3 is 61.3 Å². The molecule has 6 N–H and O–H groups in total. The molecule has 3 atom stereocenters. The first kappa shape index (κ1) is 73.7. The zero-order valence-corrected chi connectivity index (χ0v) is 61.8. The van der Waals surface area contributed by atoms with Crippen LogP contribution in [0.2, 0.25) is 0 Å².